The summed E-state index contributed by atoms with van der Waals surface area (Å²) < 4.78 is 4.93. The molecule has 14 heavy (non-hydrogen) atoms. The molecule has 0 aromatic heterocycles. The van der Waals surface area contributed by atoms with Crippen LogP contribution in [-0.4, -0.2) is 24.5 Å². The molecule has 1 rings (SSSR count). The zero-order valence-electron chi connectivity index (χ0n) is 7.65. The van der Waals surface area contributed by atoms with E-state index in [-0.39, 0.29) is 24.5 Å². The molecule has 0 aliphatic rings. The van der Waals surface area contributed by atoms with Crippen molar-refractivity contribution in [3.63, 3.8) is 0 Å². The summed E-state index contributed by atoms with van der Waals surface area (Å²) >= 11 is 5.47. The van der Waals surface area contributed by atoms with E-state index < -0.39 is 0 Å². The number of carbonyl (C=O) groups is 1. The third-order valence-electron chi connectivity index (χ3n) is 1.64. The molecule has 4 heteroatoms. The minimum absolute atomic E-state index is 0.150. The van der Waals surface area contributed by atoms with E-state index in [1.165, 1.54) is 0 Å². The Balaban J connectivity index is 2.44. The highest BCUT2D eigenvalue weighted by Gasteiger charge is 2.08. The van der Waals surface area contributed by atoms with Crippen molar-refractivity contribution in [3.05, 3.63) is 35.9 Å². The van der Waals surface area contributed by atoms with Gasteiger partial charge >= 0.3 is 5.97 Å². The summed E-state index contributed by atoms with van der Waals surface area (Å²) in [7, 11) is 0. The standard InChI is InChI=1S/C10H12ClNO2/c11-6-9(12)7-14-10(13)8-4-2-1-3-5-8/h1-5,9H,6-7,12H2/t9-/m1/s1. The average molecular weight is 214 g/mol. The highest BCUT2D eigenvalue weighted by Crippen LogP contribution is 2.01. The lowest BCUT2D eigenvalue weighted by Crippen LogP contribution is -2.29. The number of benzene rings is 1. The summed E-state index contributed by atoms with van der Waals surface area (Å²) in [6.45, 7) is 0.150. The Labute approximate surface area is 87.8 Å². The van der Waals surface area contributed by atoms with Crippen molar-refractivity contribution in [1.82, 2.24) is 0 Å². The van der Waals surface area contributed by atoms with Gasteiger partial charge in [-0.05, 0) is 12.1 Å². The molecule has 0 saturated heterocycles. The first-order chi connectivity index (χ1) is 6.74. The monoisotopic (exact) mass is 213 g/mol. The van der Waals surface area contributed by atoms with Crippen LogP contribution >= 0.6 is 11.6 Å². The molecule has 0 bridgehead atoms. The number of nitrogens with two attached hydrogens (primary N) is 1. The minimum Gasteiger partial charge on any atom is -0.460 e. The van der Waals surface area contributed by atoms with E-state index in [0.717, 1.165) is 0 Å². The van der Waals surface area contributed by atoms with Gasteiger partial charge in [0.2, 0.25) is 0 Å². The van der Waals surface area contributed by atoms with Gasteiger partial charge in [0.25, 0.3) is 0 Å². The second kappa shape index (κ2) is 5.62. The van der Waals surface area contributed by atoms with Gasteiger partial charge in [0.1, 0.15) is 6.61 Å². The molecule has 0 spiro atoms. The Morgan fingerprint density at radius 3 is 2.64 bits per heavy atom. The second-order valence-corrected chi connectivity index (χ2v) is 3.19. The van der Waals surface area contributed by atoms with Gasteiger partial charge in [-0.25, -0.2) is 4.79 Å². The molecule has 0 radical (unpaired) electrons. The predicted octanol–water partition coefficient (Wildman–Crippen LogP) is 1.41. The summed E-state index contributed by atoms with van der Waals surface area (Å²) in [5.74, 6) is -0.0895. The Hall–Kier alpha value is -1.06. The minimum atomic E-state index is -0.369. The zero-order valence-corrected chi connectivity index (χ0v) is 8.41. The van der Waals surface area contributed by atoms with Crippen LogP contribution in [0.1, 0.15) is 10.4 Å². The smallest absolute Gasteiger partial charge is 0.338 e. The molecule has 0 aliphatic carbocycles. The lowest BCUT2D eigenvalue weighted by atomic mass is 10.2. The molecular formula is C10H12ClNO2. The Morgan fingerprint density at radius 2 is 2.07 bits per heavy atom. The van der Waals surface area contributed by atoms with Crippen LogP contribution < -0.4 is 5.73 Å². The maximum Gasteiger partial charge on any atom is 0.338 e. The van der Waals surface area contributed by atoms with Gasteiger partial charge < -0.3 is 10.5 Å². The highest BCUT2D eigenvalue weighted by molar-refractivity contribution is 6.18. The number of halogens is 1. The Morgan fingerprint density at radius 1 is 1.43 bits per heavy atom. The maximum atomic E-state index is 11.3. The van der Waals surface area contributed by atoms with Crippen molar-refractivity contribution in [3.8, 4) is 0 Å². The lowest BCUT2D eigenvalue weighted by Gasteiger charge is -2.08. The molecule has 0 aliphatic heterocycles. The number of hydrogen-bond acceptors (Lipinski definition) is 3. The number of ether oxygens (including phenoxy) is 1. The van der Waals surface area contributed by atoms with E-state index in [1.807, 2.05) is 6.07 Å². The highest BCUT2D eigenvalue weighted by atomic mass is 35.5. The maximum absolute atomic E-state index is 11.3. The van der Waals surface area contributed by atoms with Crippen molar-refractivity contribution in [2.24, 2.45) is 5.73 Å². The van der Waals surface area contributed by atoms with Crippen molar-refractivity contribution in [2.45, 2.75) is 6.04 Å². The molecule has 0 heterocycles. The third-order valence-corrected chi connectivity index (χ3v) is 2.03. The van der Waals surface area contributed by atoms with Gasteiger partial charge in [0.05, 0.1) is 11.6 Å². The molecule has 0 saturated carbocycles. The van der Waals surface area contributed by atoms with Gasteiger partial charge in [0, 0.05) is 5.88 Å². The Kier molecular flexibility index (Phi) is 4.43. The summed E-state index contributed by atoms with van der Waals surface area (Å²) in [5, 5.41) is 0. The number of alkyl halides is 1. The topological polar surface area (TPSA) is 52.3 Å². The first-order valence-electron chi connectivity index (χ1n) is 4.27. The van der Waals surface area contributed by atoms with Crippen molar-refractivity contribution in [2.75, 3.05) is 12.5 Å². The van der Waals surface area contributed by atoms with E-state index >= 15 is 0 Å². The number of esters is 1. The summed E-state index contributed by atoms with van der Waals surface area (Å²) in [6, 6.07) is 8.46. The number of rotatable bonds is 4. The van der Waals surface area contributed by atoms with Gasteiger partial charge in [0.15, 0.2) is 0 Å². The van der Waals surface area contributed by atoms with Crippen molar-refractivity contribution >= 4 is 17.6 Å². The van der Waals surface area contributed by atoms with Gasteiger partial charge in [-0.1, -0.05) is 18.2 Å². The molecule has 1 atom stereocenters. The fourth-order valence-electron chi connectivity index (χ4n) is 0.885. The molecule has 76 valence electrons. The van der Waals surface area contributed by atoms with Crippen LogP contribution in [0.25, 0.3) is 0 Å². The quantitative estimate of drug-likeness (QED) is 0.608. The molecule has 1 aromatic rings. The predicted molar refractivity (Wildman–Crippen MR) is 55.4 cm³/mol. The van der Waals surface area contributed by atoms with Crippen LogP contribution in [0, 0.1) is 0 Å². The van der Waals surface area contributed by atoms with Crippen molar-refractivity contribution in [1.29, 1.82) is 0 Å². The lowest BCUT2D eigenvalue weighted by molar-refractivity contribution is 0.0488. The molecule has 0 fully saturated rings. The van der Waals surface area contributed by atoms with E-state index in [9.17, 15) is 4.79 Å². The zero-order chi connectivity index (χ0) is 10.4. The van der Waals surface area contributed by atoms with Gasteiger partial charge in [-0.2, -0.15) is 0 Å². The number of carbonyl (C=O) groups excluding carboxylic acids is 1. The fourth-order valence-corrected chi connectivity index (χ4v) is 0.974. The van der Waals surface area contributed by atoms with Crippen LogP contribution in [-0.2, 0) is 4.74 Å². The van der Waals surface area contributed by atoms with E-state index in [0.29, 0.717) is 5.56 Å². The van der Waals surface area contributed by atoms with E-state index in [4.69, 9.17) is 22.1 Å². The van der Waals surface area contributed by atoms with E-state index in [1.54, 1.807) is 24.3 Å². The number of hydrogen-bond donors (Lipinski definition) is 1. The van der Waals surface area contributed by atoms with Crippen LogP contribution in [0.4, 0.5) is 0 Å². The molecule has 0 amide bonds. The SMILES string of the molecule is N[C@H](CCl)COC(=O)c1ccccc1. The van der Waals surface area contributed by atoms with Gasteiger partial charge in [-0.3, -0.25) is 0 Å². The molecule has 1 aromatic carbocycles. The largest absolute Gasteiger partial charge is 0.460 e. The summed E-state index contributed by atoms with van der Waals surface area (Å²) in [5.41, 5.74) is 6.01. The van der Waals surface area contributed by atoms with Crippen LogP contribution in [0.3, 0.4) is 0 Å². The molecule has 3 nitrogen and oxygen atoms in total. The normalized spacial score (nSPS) is 12.1. The molecular weight excluding hydrogens is 202 g/mol. The summed E-state index contributed by atoms with van der Waals surface area (Å²) in [6.07, 6.45) is 0. The molecule has 2 N–H and O–H groups in total. The molecule has 0 unspecified atom stereocenters. The van der Waals surface area contributed by atoms with Gasteiger partial charge in [-0.15, -0.1) is 11.6 Å². The average Bonchev–Trinajstić information content (AvgIpc) is 2.26. The fraction of sp³-hybridized carbons (Fsp3) is 0.300. The van der Waals surface area contributed by atoms with Crippen LogP contribution in [0.15, 0.2) is 30.3 Å². The van der Waals surface area contributed by atoms with Crippen LogP contribution in [0.2, 0.25) is 0 Å². The van der Waals surface area contributed by atoms with Crippen LogP contribution in [0.5, 0.6) is 0 Å². The third kappa shape index (κ3) is 3.36. The first kappa shape index (κ1) is 11.0. The van der Waals surface area contributed by atoms with Crippen molar-refractivity contribution < 1.29 is 9.53 Å². The summed E-state index contributed by atoms with van der Waals surface area (Å²) in [4.78, 5) is 11.3. The first-order valence-corrected chi connectivity index (χ1v) is 4.81. The Bertz CT molecular complexity index is 289. The van der Waals surface area contributed by atoms with E-state index in [2.05, 4.69) is 0 Å². The second-order valence-electron chi connectivity index (χ2n) is 2.88.